The highest BCUT2D eigenvalue weighted by Gasteiger charge is 2.29. The maximum absolute atomic E-state index is 13.1. The van der Waals surface area contributed by atoms with E-state index in [9.17, 15) is 14.0 Å². The van der Waals surface area contributed by atoms with E-state index in [2.05, 4.69) is 9.88 Å². The Kier molecular flexibility index (Phi) is 5.00. The summed E-state index contributed by atoms with van der Waals surface area (Å²) in [5.74, 6) is 1.04. The number of aromatic nitrogens is 1. The lowest BCUT2D eigenvalue weighted by Crippen LogP contribution is -2.40. The zero-order chi connectivity index (χ0) is 21.5. The highest BCUT2D eigenvalue weighted by Crippen LogP contribution is 2.37. The van der Waals surface area contributed by atoms with E-state index < -0.39 is 6.67 Å². The van der Waals surface area contributed by atoms with Crippen LogP contribution in [0, 0.1) is 5.92 Å². The van der Waals surface area contributed by atoms with Crippen molar-refractivity contribution in [3.8, 4) is 5.75 Å². The maximum atomic E-state index is 13.1. The van der Waals surface area contributed by atoms with Crippen LogP contribution in [0.15, 0.2) is 30.5 Å². The number of pyridine rings is 1. The summed E-state index contributed by atoms with van der Waals surface area (Å²) in [4.78, 5) is 35.1. The summed E-state index contributed by atoms with van der Waals surface area (Å²) in [5, 5.41) is 0. The first-order valence-electron chi connectivity index (χ1n) is 10.7. The molecule has 0 radical (unpaired) electrons. The Bertz CT molecular complexity index is 1040. The molecule has 7 nitrogen and oxygen atoms in total. The van der Waals surface area contributed by atoms with Gasteiger partial charge in [0, 0.05) is 50.0 Å². The second-order valence-corrected chi connectivity index (χ2v) is 8.46. The first kappa shape index (κ1) is 19.8. The molecule has 1 fully saturated rings. The van der Waals surface area contributed by atoms with Gasteiger partial charge < -0.3 is 19.4 Å². The molecular weight excluding hydrogens is 399 g/mol. The summed E-state index contributed by atoms with van der Waals surface area (Å²) < 4.78 is 18.9. The van der Waals surface area contributed by atoms with Gasteiger partial charge in [-0.1, -0.05) is 0 Å². The van der Waals surface area contributed by atoms with Gasteiger partial charge in [-0.2, -0.15) is 0 Å². The fourth-order valence-electron chi connectivity index (χ4n) is 4.65. The van der Waals surface area contributed by atoms with Gasteiger partial charge in [-0.15, -0.1) is 0 Å². The highest BCUT2D eigenvalue weighted by atomic mass is 19.1. The molecule has 3 aliphatic heterocycles. The van der Waals surface area contributed by atoms with Crippen LogP contribution in [-0.4, -0.2) is 66.6 Å². The summed E-state index contributed by atoms with van der Waals surface area (Å²) >= 11 is 0. The van der Waals surface area contributed by atoms with Crippen LogP contribution in [-0.2, 0) is 6.54 Å². The Morgan fingerprint density at radius 1 is 1.29 bits per heavy atom. The normalized spacial score (nSPS) is 20.4. The van der Waals surface area contributed by atoms with Crippen molar-refractivity contribution in [3.63, 3.8) is 0 Å². The number of carbonyl (C=O) groups is 2. The van der Waals surface area contributed by atoms with E-state index in [0.717, 1.165) is 29.7 Å². The number of hydrogen-bond acceptors (Lipinski definition) is 5. The largest absolute Gasteiger partial charge is 0.488 e. The highest BCUT2D eigenvalue weighted by molar-refractivity contribution is 5.99. The average Bonchev–Trinajstić information content (AvgIpc) is 3.10. The molecule has 2 amide bonds. The van der Waals surface area contributed by atoms with E-state index in [1.54, 1.807) is 29.1 Å². The first-order valence-corrected chi connectivity index (χ1v) is 10.7. The molecule has 0 aliphatic carbocycles. The quantitative estimate of drug-likeness (QED) is 0.758. The molecular formula is C23H25FN4O3. The minimum atomic E-state index is -0.396. The van der Waals surface area contributed by atoms with E-state index in [1.165, 1.54) is 0 Å². The van der Waals surface area contributed by atoms with Crippen LogP contribution in [0.5, 0.6) is 5.75 Å². The summed E-state index contributed by atoms with van der Waals surface area (Å²) in [6.07, 6.45) is 3.22. The third kappa shape index (κ3) is 3.49. The SMILES string of the molecule is CN1Cc2cc(N3CCOc4cc(C(=O)N5CCC[C@H](CF)C5)cnc43)ccc2C1=O. The van der Waals surface area contributed by atoms with Gasteiger partial charge in [0.15, 0.2) is 11.6 Å². The minimum absolute atomic E-state index is 0.0397. The number of ether oxygens (including phenoxy) is 1. The number of anilines is 2. The van der Waals surface area contributed by atoms with Crippen LogP contribution in [0.2, 0.25) is 0 Å². The van der Waals surface area contributed by atoms with Gasteiger partial charge in [0.2, 0.25) is 0 Å². The molecule has 4 heterocycles. The standard InChI is InChI=1S/C23H25FN4O3/c1-26-14-17-9-18(4-5-19(17)23(26)30)28-7-8-31-20-10-16(12-25-21(20)28)22(29)27-6-2-3-15(11-24)13-27/h4-5,9-10,12,15H,2-3,6-8,11,13-14H2,1H3/t15-/m1/s1. The Morgan fingerprint density at radius 2 is 2.16 bits per heavy atom. The Hall–Kier alpha value is -3.16. The molecule has 1 aromatic carbocycles. The first-order chi connectivity index (χ1) is 15.0. The molecule has 2 aromatic rings. The third-order valence-electron chi connectivity index (χ3n) is 6.32. The van der Waals surface area contributed by atoms with E-state index in [4.69, 9.17) is 4.74 Å². The van der Waals surface area contributed by atoms with E-state index in [-0.39, 0.29) is 17.7 Å². The van der Waals surface area contributed by atoms with Crippen molar-refractivity contribution >= 4 is 23.3 Å². The smallest absolute Gasteiger partial charge is 0.255 e. The fraction of sp³-hybridized carbons (Fsp3) is 0.435. The van der Waals surface area contributed by atoms with Crippen LogP contribution in [0.4, 0.5) is 15.9 Å². The van der Waals surface area contributed by atoms with Crippen molar-refractivity contribution in [2.45, 2.75) is 19.4 Å². The topological polar surface area (TPSA) is 66.0 Å². The predicted octanol–water partition coefficient (Wildman–Crippen LogP) is 3.02. The van der Waals surface area contributed by atoms with Crippen molar-refractivity contribution in [2.75, 3.05) is 44.9 Å². The monoisotopic (exact) mass is 424 g/mol. The molecule has 0 saturated carbocycles. The number of piperidine rings is 1. The van der Waals surface area contributed by atoms with E-state index >= 15 is 0 Å². The Morgan fingerprint density at radius 3 is 3.00 bits per heavy atom. The lowest BCUT2D eigenvalue weighted by atomic mass is 9.99. The zero-order valence-electron chi connectivity index (χ0n) is 17.5. The minimum Gasteiger partial charge on any atom is -0.488 e. The zero-order valence-corrected chi connectivity index (χ0v) is 17.5. The molecule has 8 heteroatoms. The van der Waals surface area contributed by atoms with Gasteiger partial charge in [0.1, 0.15) is 6.61 Å². The molecule has 162 valence electrons. The second-order valence-electron chi connectivity index (χ2n) is 8.46. The van der Waals surface area contributed by atoms with Crippen LogP contribution >= 0.6 is 0 Å². The molecule has 31 heavy (non-hydrogen) atoms. The van der Waals surface area contributed by atoms with Gasteiger partial charge in [-0.3, -0.25) is 14.0 Å². The number of rotatable bonds is 3. The van der Waals surface area contributed by atoms with E-state index in [1.807, 2.05) is 18.2 Å². The number of hydrogen-bond donors (Lipinski definition) is 0. The Labute approximate surface area is 180 Å². The van der Waals surface area contributed by atoms with Crippen molar-refractivity contribution in [1.82, 2.24) is 14.8 Å². The van der Waals surface area contributed by atoms with Crippen molar-refractivity contribution in [2.24, 2.45) is 5.92 Å². The summed E-state index contributed by atoms with van der Waals surface area (Å²) in [5.41, 5.74) is 3.14. The van der Waals surface area contributed by atoms with Gasteiger partial charge in [-0.25, -0.2) is 4.98 Å². The Balaban J connectivity index is 1.41. The summed E-state index contributed by atoms with van der Waals surface area (Å²) in [6, 6.07) is 7.55. The third-order valence-corrected chi connectivity index (χ3v) is 6.32. The maximum Gasteiger partial charge on any atom is 0.255 e. The number of amides is 2. The summed E-state index contributed by atoms with van der Waals surface area (Å²) in [7, 11) is 1.80. The number of nitrogens with zero attached hydrogens (tertiary/aromatic N) is 4. The predicted molar refractivity (Wildman–Crippen MR) is 114 cm³/mol. The number of fused-ring (bicyclic) bond motifs is 2. The second kappa shape index (κ2) is 7.83. The van der Waals surface area contributed by atoms with Crippen molar-refractivity contribution < 1.29 is 18.7 Å². The molecule has 0 unspecified atom stereocenters. The lowest BCUT2D eigenvalue weighted by molar-refractivity contribution is 0.0655. The molecule has 3 aliphatic rings. The van der Waals surface area contributed by atoms with Gasteiger partial charge in [-0.05, 0) is 42.7 Å². The number of halogens is 1. The molecule has 1 atom stereocenters. The van der Waals surface area contributed by atoms with Crippen molar-refractivity contribution in [3.05, 3.63) is 47.2 Å². The van der Waals surface area contributed by atoms with Crippen molar-refractivity contribution in [1.29, 1.82) is 0 Å². The lowest BCUT2D eigenvalue weighted by Gasteiger charge is -2.33. The molecule has 1 aromatic heterocycles. The van der Waals surface area contributed by atoms with Crippen LogP contribution in [0.25, 0.3) is 0 Å². The fourth-order valence-corrected chi connectivity index (χ4v) is 4.65. The molecule has 5 rings (SSSR count). The van der Waals surface area contributed by atoms with Gasteiger partial charge >= 0.3 is 0 Å². The van der Waals surface area contributed by atoms with Crippen LogP contribution in [0.3, 0.4) is 0 Å². The van der Waals surface area contributed by atoms with Crippen LogP contribution < -0.4 is 9.64 Å². The number of carbonyl (C=O) groups excluding carboxylic acids is 2. The molecule has 0 bridgehead atoms. The molecule has 1 saturated heterocycles. The average molecular weight is 424 g/mol. The van der Waals surface area contributed by atoms with Crippen LogP contribution in [0.1, 0.15) is 39.1 Å². The summed E-state index contributed by atoms with van der Waals surface area (Å²) in [6.45, 7) is 2.38. The number of benzene rings is 1. The molecule has 0 spiro atoms. The van der Waals surface area contributed by atoms with E-state index in [0.29, 0.717) is 49.9 Å². The van der Waals surface area contributed by atoms with Gasteiger partial charge in [0.25, 0.3) is 11.8 Å². The molecule has 0 N–H and O–H groups in total. The number of alkyl halides is 1. The number of likely N-dealkylation sites (tertiary alicyclic amines) is 1. The van der Waals surface area contributed by atoms with Gasteiger partial charge in [0.05, 0.1) is 18.8 Å².